The van der Waals surface area contributed by atoms with Crippen LogP contribution in [0.4, 0.5) is 0 Å². The molecule has 1 amide bonds. The first kappa shape index (κ1) is 20.4. The van der Waals surface area contributed by atoms with Crippen LogP contribution in [0.25, 0.3) is 0 Å². The largest absolute Gasteiger partial charge is 0.394 e. The van der Waals surface area contributed by atoms with E-state index in [4.69, 9.17) is 19.9 Å². The van der Waals surface area contributed by atoms with Crippen molar-refractivity contribution in [2.45, 2.75) is 75.1 Å². The highest BCUT2D eigenvalue weighted by molar-refractivity contribution is 5.73. The third-order valence-electron chi connectivity index (χ3n) is 4.45. The topological polar surface area (TPSA) is 184 Å². The molecular weight excluding hydrogens is 340 g/mol. The Balaban J connectivity index is 2.21. The Labute approximate surface area is 144 Å². The molecule has 146 valence electrons. The smallest absolute Gasteiger partial charge is 0.217 e. The van der Waals surface area contributed by atoms with Crippen molar-refractivity contribution in [3.05, 3.63) is 0 Å². The summed E-state index contributed by atoms with van der Waals surface area (Å²) in [5.41, 5.74) is 5.94. The summed E-state index contributed by atoms with van der Waals surface area (Å²) in [4.78, 5) is 11.4. The van der Waals surface area contributed by atoms with E-state index in [1.54, 1.807) is 6.92 Å². The third kappa shape index (κ3) is 4.27. The monoisotopic (exact) mass is 366 g/mol. The van der Waals surface area contributed by atoms with Gasteiger partial charge in [-0.15, -0.1) is 0 Å². The lowest BCUT2D eigenvalue weighted by atomic mass is 9.95. The Morgan fingerprint density at radius 3 is 2.36 bits per heavy atom. The molecule has 2 rings (SSSR count). The van der Waals surface area contributed by atoms with Gasteiger partial charge >= 0.3 is 0 Å². The Morgan fingerprint density at radius 2 is 1.80 bits per heavy atom. The molecule has 0 spiro atoms. The van der Waals surface area contributed by atoms with Gasteiger partial charge in [-0.2, -0.15) is 0 Å². The predicted molar refractivity (Wildman–Crippen MR) is 80.8 cm³/mol. The molecule has 0 aromatic heterocycles. The van der Waals surface area contributed by atoms with Crippen LogP contribution in [0.15, 0.2) is 0 Å². The molecule has 0 bridgehead atoms. The highest BCUT2D eigenvalue weighted by Gasteiger charge is 2.49. The first-order chi connectivity index (χ1) is 11.7. The molecule has 8 N–H and O–H groups in total. The molecule has 0 saturated carbocycles. The van der Waals surface area contributed by atoms with E-state index in [2.05, 4.69) is 5.32 Å². The minimum Gasteiger partial charge on any atom is -0.394 e. The van der Waals surface area contributed by atoms with Gasteiger partial charge in [0.2, 0.25) is 5.91 Å². The fourth-order valence-corrected chi connectivity index (χ4v) is 2.96. The molecule has 11 nitrogen and oxygen atoms in total. The van der Waals surface area contributed by atoms with E-state index in [-0.39, 0.29) is 0 Å². The number of amides is 1. The summed E-state index contributed by atoms with van der Waals surface area (Å²) < 4.78 is 16.1. The molecular formula is C14H26N2O9. The summed E-state index contributed by atoms with van der Waals surface area (Å²) in [5.74, 6) is -0.513. The molecule has 11 heteroatoms. The van der Waals surface area contributed by atoms with E-state index in [1.165, 1.54) is 6.92 Å². The molecule has 25 heavy (non-hydrogen) atoms. The van der Waals surface area contributed by atoms with Gasteiger partial charge in [-0.25, -0.2) is 0 Å². The number of rotatable bonds is 4. The Hall–Kier alpha value is -0.890. The van der Waals surface area contributed by atoms with Crippen molar-refractivity contribution in [2.75, 3.05) is 6.61 Å². The van der Waals surface area contributed by atoms with E-state index >= 15 is 0 Å². The highest BCUT2D eigenvalue weighted by atomic mass is 16.7. The van der Waals surface area contributed by atoms with Crippen LogP contribution in [-0.2, 0) is 19.0 Å². The number of nitrogens with one attached hydrogen (secondary N) is 1. The average Bonchev–Trinajstić information content (AvgIpc) is 2.55. The summed E-state index contributed by atoms with van der Waals surface area (Å²) in [6.45, 7) is 2.18. The maximum absolute atomic E-state index is 11.4. The molecule has 10 atom stereocenters. The number of ether oxygens (including phenoxy) is 3. The van der Waals surface area contributed by atoms with Crippen LogP contribution in [0.1, 0.15) is 13.8 Å². The molecule has 0 radical (unpaired) electrons. The number of aliphatic hydroxyl groups excluding tert-OH is 5. The number of carbonyl (C=O) groups is 1. The molecule has 2 fully saturated rings. The number of carbonyl (C=O) groups excluding carboxylic acids is 1. The number of aliphatic hydroxyl groups is 5. The first-order valence-electron chi connectivity index (χ1n) is 7.99. The van der Waals surface area contributed by atoms with E-state index in [0.29, 0.717) is 0 Å². The first-order valence-corrected chi connectivity index (χ1v) is 7.99. The molecule has 0 aromatic rings. The number of nitrogens with two attached hydrogens (primary N) is 1. The van der Waals surface area contributed by atoms with E-state index < -0.39 is 73.8 Å². The van der Waals surface area contributed by atoms with Crippen molar-refractivity contribution in [3.8, 4) is 0 Å². The maximum Gasteiger partial charge on any atom is 0.217 e. The van der Waals surface area contributed by atoms with Gasteiger partial charge in [0, 0.05) is 6.92 Å². The van der Waals surface area contributed by atoms with Crippen molar-refractivity contribution in [3.63, 3.8) is 0 Å². The highest BCUT2D eigenvalue weighted by Crippen LogP contribution is 2.27. The molecule has 2 aliphatic rings. The summed E-state index contributed by atoms with van der Waals surface area (Å²) in [6.07, 6.45) is -10.3. The third-order valence-corrected chi connectivity index (χ3v) is 4.45. The van der Waals surface area contributed by atoms with E-state index in [1.807, 2.05) is 0 Å². The van der Waals surface area contributed by atoms with Gasteiger partial charge < -0.3 is 50.8 Å². The standard InChI is InChI=1S/C14H26N2O9/c1-4-7(15)12(11(21)13(22)23-4)25-14-8(16-5(2)18)10(20)9(19)6(3-17)24-14/h4,6-14,17,19-22H,3,15H2,1-2H3,(H,16,18)/t4-,6-,7-,8-,9-,10-,11-,12+,13+,14-/m1/s1. The summed E-state index contributed by atoms with van der Waals surface area (Å²) in [5, 5.41) is 51.7. The van der Waals surface area contributed by atoms with Crippen molar-refractivity contribution in [1.29, 1.82) is 0 Å². The molecule has 0 unspecified atom stereocenters. The van der Waals surface area contributed by atoms with Crippen LogP contribution in [0.3, 0.4) is 0 Å². The lowest BCUT2D eigenvalue weighted by Crippen LogP contribution is -2.68. The quantitative estimate of drug-likeness (QED) is 0.257. The Morgan fingerprint density at radius 1 is 1.16 bits per heavy atom. The number of hydrogen-bond donors (Lipinski definition) is 7. The summed E-state index contributed by atoms with van der Waals surface area (Å²) >= 11 is 0. The fourth-order valence-electron chi connectivity index (χ4n) is 2.96. The van der Waals surface area contributed by atoms with Crippen molar-refractivity contribution >= 4 is 5.91 Å². The molecule has 2 saturated heterocycles. The van der Waals surface area contributed by atoms with Crippen molar-refractivity contribution in [2.24, 2.45) is 5.73 Å². The lowest BCUT2D eigenvalue weighted by Gasteiger charge is -2.46. The van der Waals surface area contributed by atoms with Gasteiger partial charge in [-0.1, -0.05) is 0 Å². The van der Waals surface area contributed by atoms with Gasteiger partial charge in [0.05, 0.1) is 18.8 Å². The predicted octanol–water partition coefficient (Wildman–Crippen LogP) is -4.26. The zero-order valence-electron chi connectivity index (χ0n) is 13.9. The van der Waals surface area contributed by atoms with Crippen molar-refractivity contribution in [1.82, 2.24) is 5.32 Å². The van der Waals surface area contributed by atoms with Gasteiger partial charge in [-0.3, -0.25) is 4.79 Å². The summed E-state index contributed by atoms with van der Waals surface area (Å²) in [6, 6.07) is -2.01. The second-order valence-corrected chi connectivity index (χ2v) is 6.33. The minimum absolute atomic E-state index is 0.513. The average molecular weight is 366 g/mol. The molecule has 0 aromatic carbocycles. The summed E-state index contributed by atoms with van der Waals surface area (Å²) in [7, 11) is 0. The van der Waals surface area contributed by atoms with E-state index in [9.17, 15) is 30.3 Å². The van der Waals surface area contributed by atoms with E-state index in [0.717, 1.165) is 0 Å². The van der Waals surface area contributed by atoms with Crippen LogP contribution in [0.2, 0.25) is 0 Å². The van der Waals surface area contributed by atoms with Gasteiger partial charge in [0.25, 0.3) is 0 Å². The van der Waals surface area contributed by atoms with Crippen LogP contribution < -0.4 is 11.1 Å². The zero-order chi connectivity index (χ0) is 18.9. The van der Waals surface area contributed by atoms with Crippen LogP contribution in [-0.4, -0.2) is 99.3 Å². The Bertz CT molecular complexity index is 454. The molecule has 0 aliphatic carbocycles. The second-order valence-electron chi connectivity index (χ2n) is 6.33. The van der Waals surface area contributed by atoms with Gasteiger partial charge in [-0.05, 0) is 6.92 Å². The van der Waals surface area contributed by atoms with Gasteiger partial charge in [0.15, 0.2) is 12.6 Å². The van der Waals surface area contributed by atoms with Crippen LogP contribution >= 0.6 is 0 Å². The Kier molecular flexibility index (Phi) is 6.70. The number of hydrogen-bond acceptors (Lipinski definition) is 10. The minimum atomic E-state index is -1.54. The molecule has 2 aliphatic heterocycles. The second kappa shape index (κ2) is 8.20. The maximum atomic E-state index is 11.4. The normalized spacial score (nSPS) is 48.2. The van der Waals surface area contributed by atoms with Gasteiger partial charge in [0.1, 0.15) is 36.6 Å². The molecule has 2 heterocycles. The lowest BCUT2D eigenvalue weighted by molar-refractivity contribution is -0.321. The fraction of sp³-hybridized carbons (Fsp3) is 0.929. The zero-order valence-corrected chi connectivity index (χ0v) is 13.9. The van der Waals surface area contributed by atoms with Crippen LogP contribution in [0.5, 0.6) is 0 Å². The van der Waals surface area contributed by atoms with Crippen molar-refractivity contribution < 1.29 is 44.5 Å². The SMILES string of the molecule is CC(=O)N[C@H]1[C@@H](O[C@H]2[C@H](N)[C@@H](C)O[C@H](O)[C@@H]2O)O[C@H](CO)[C@@H](O)[C@@H]1O. The van der Waals surface area contributed by atoms with Crippen LogP contribution in [0, 0.1) is 0 Å².